The SMILES string of the molecule is CCOC(=O)c1c(COc2ccc(OC)cc2)n(C)c2cc(Br)c([O-])c(C[NH+](C)C)c12. The predicted molar refractivity (Wildman–Crippen MR) is 120 cm³/mol. The molecule has 1 aromatic heterocycles. The molecule has 31 heavy (non-hydrogen) atoms. The molecule has 2 aromatic carbocycles. The first-order chi connectivity index (χ1) is 14.8. The monoisotopic (exact) mass is 490 g/mol. The van der Waals surface area contributed by atoms with E-state index in [0.717, 1.165) is 16.2 Å². The minimum atomic E-state index is -0.460. The van der Waals surface area contributed by atoms with E-state index in [1.807, 2.05) is 37.8 Å². The maximum absolute atomic E-state index is 13.0. The molecule has 0 atom stereocenters. The molecular weight excluding hydrogens is 464 g/mol. The first kappa shape index (κ1) is 23.0. The number of aryl methyl sites for hydroxylation is 1. The van der Waals surface area contributed by atoms with Gasteiger partial charge in [0.25, 0.3) is 0 Å². The standard InChI is InChI=1S/C23H27BrN2O5/c1-6-30-23(28)21-19(13-31-15-9-7-14(29-5)8-10-15)26(4)18-11-17(24)22(27)16(20(18)21)12-25(2)3/h7-11,27H,6,12-13H2,1-5H3. The van der Waals surface area contributed by atoms with Crippen LogP contribution in [0.25, 0.3) is 10.9 Å². The summed E-state index contributed by atoms with van der Waals surface area (Å²) in [6.45, 7) is 2.62. The molecule has 1 heterocycles. The topological polar surface area (TPSA) is 77.2 Å². The van der Waals surface area contributed by atoms with Crippen molar-refractivity contribution in [3.63, 3.8) is 0 Å². The lowest BCUT2D eigenvalue weighted by Crippen LogP contribution is -3.04. The van der Waals surface area contributed by atoms with Crippen molar-refractivity contribution >= 4 is 32.8 Å². The predicted octanol–water partition coefficient (Wildman–Crippen LogP) is 2.42. The van der Waals surface area contributed by atoms with E-state index in [1.54, 1.807) is 32.2 Å². The van der Waals surface area contributed by atoms with Gasteiger partial charge >= 0.3 is 5.97 Å². The van der Waals surface area contributed by atoms with Crippen LogP contribution in [0, 0.1) is 0 Å². The zero-order valence-corrected chi connectivity index (χ0v) is 20.0. The van der Waals surface area contributed by atoms with Crippen molar-refractivity contribution in [3.05, 3.63) is 51.6 Å². The van der Waals surface area contributed by atoms with E-state index in [1.165, 1.54) is 0 Å². The van der Waals surface area contributed by atoms with Gasteiger partial charge in [-0.15, -0.1) is 0 Å². The van der Waals surface area contributed by atoms with Crippen LogP contribution in [-0.4, -0.2) is 38.3 Å². The molecule has 0 unspecified atom stereocenters. The van der Waals surface area contributed by atoms with E-state index < -0.39 is 5.97 Å². The van der Waals surface area contributed by atoms with Crippen molar-refractivity contribution in [2.24, 2.45) is 7.05 Å². The van der Waals surface area contributed by atoms with Gasteiger partial charge < -0.3 is 28.8 Å². The Morgan fingerprint density at radius 3 is 2.42 bits per heavy atom. The smallest absolute Gasteiger partial charge is 0.340 e. The second-order valence-electron chi connectivity index (χ2n) is 7.51. The summed E-state index contributed by atoms with van der Waals surface area (Å²) in [4.78, 5) is 14.1. The Bertz CT molecular complexity index is 1090. The molecule has 0 aliphatic heterocycles. The van der Waals surface area contributed by atoms with Gasteiger partial charge in [0.05, 0.1) is 44.6 Å². The van der Waals surface area contributed by atoms with Gasteiger partial charge in [0.15, 0.2) is 0 Å². The van der Waals surface area contributed by atoms with Crippen molar-refractivity contribution in [1.29, 1.82) is 0 Å². The first-order valence-corrected chi connectivity index (χ1v) is 10.8. The highest BCUT2D eigenvalue weighted by Crippen LogP contribution is 2.38. The average molecular weight is 491 g/mol. The van der Waals surface area contributed by atoms with E-state index in [0.29, 0.717) is 39.0 Å². The van der Waals surface area contributed by atoms with Gasteiger partial charge in [0, 0.05) is 22.5 Å². The van der Waals surface area contributed by atoms with E-state index in [4.69, 9.17) is 14.2 Å². The fourth-order valence-electron chi connectivity index (χ4n) is 3.61. The van der Waals surface area contributed by atoms with Gasteiger partial charge in [-0.05, 0) is 37.3 Å². The Kier molecular flexibility index (Phi) is 7.12. The molecular formula is C23H27BrN2O5. The summed E-state index contributed by atoms with van der Waals surface area (Å²) in [6.07, 6.45) is 0. The number of fused-ring (bicyclic) bond motifs is 1. The van der Waals surface area contributed by atoms with Gasteiger partial charge in [-0.2, -0.15) is 0 Å². The van der Waals surface area contributed by atoms with Crippen molar-refractivity contribution in [3.8, 4) is 17.2 Å². The van der Waals surface area contributed by atoms with Gasteiger partial charge in [0.2, 0.25) is 0 Å². The number of carbonyl (C=O) groups is 1. The molecule has 166 valence electrons. The molecule has 0 spiro atoms. The highest BCUT2D eigenvalue weighted by molar-refractivity contribution is 9.10. The number of esters is 1. The number of nitrogens with one attached hydrogen (secondary N) is 1. The highest BCUT2D eigenvalue weighted by atomic mass is 79.9. The number of rotatable bonds is 8. The zero-order valence-electron chi connectivity index (χ0n) is 18.4. The molecule has 0 aliphatic rings. The van der Waals surface area contributed by atoms with E-state index in [-0.39, 0.29) is 19.0 Å². The Morgan fingerprint density at radius 1 is 1.19 bits per heavy atom. The summed E-state index contributed by atoms with van der Waals surface area (Å²) >= 11 is 3.39. The van der Waals surface area contributed by atoms with Crippen molar-refractivity contribution in [2.45, 2.75) is 20.1 Å². The number of carbonyl (C=O) groups excluding carboxylic acids is 1. The van der Waals surface area contributed by atoms with Crippen LogP contribution in [0.4, 0.5) is 0 Å². The molecule has 3 rings (SSSR count). The first-order valence-electron chi connectivity index (χ1n) is 10.0. The third kappa shape index (κ3) is 4.65. The molecule has 7 nitrogen and oxygen atoms in total. The van der Waals surface area contributed by atoms with Crippen LogP contribution in [0.3, 0.4) is 0 Å². The maximum atomic E-state index is 13.0. The highest BCUT2D eigenvalue weighted by Gasteiger charge is 2.26. The largest absolute Gasteiger partial charge is 0.871 e. The Balaban J connectivity index is 2.15. The number of methoxy groups -OCH3 is 1. The number of aromatic nitrogens is 1. The van der Waals surface area contributed by atoms with Gasteiger partial charge in [-0.3, -0.25) is 0 Å². The van der Waals surface area contributed by atoms with Crippen LogP contribution >= 0.6 is 15.9 Å². The van der Waals surface area contributed by atoms with Gasteiger partial charge in [-0.25, -0.2) is 4.79 Å². The molecule has 0 amide bonds. The maximum Gasteiger partial charge on any atom is 0.340 e. The van der Waals surface area contributed by atoms with Crippen LogP contribution in [0.5, 0.6) is 17.2 Å². The summed E-state index contributed by atoms with van der Waals surface area (Å²) in [5.74, 6) is 0.794. The molecule has 0 radical (unpaired) electrons. The summed E-state index contributed by atoms with van der Waals surface area (Å²) < 4.78 is 18.9. The third-order valence-electron chi connectivity index (χ3n) is 5.06. The fourth-order valence-corrected chi connectivity index (χ4v) is 4.07. The van der Waals surface area contributed by atoms with Crippen LogP contribution < -0.4 is 19.5 Å². The number of hydrogen-bond donors (Lipinski definition) is 1. The molecule has 0 fully saturated rings. The average Bonchev–Trinajstić information content (AvgIpc) is 3.01. The van der Waals surface area contributed by atoms with Crippen LogP contribution in [-0.2, 0) is 24.9 Å². The zero-order chi connectivity index (χ0) is 22.7. The Hall–Kier alpha value is -2.71. The fraction of sp³-hybridized carbons (Fsp3) is 0.348. The summed E-state index contributed by atoms with van der Waals surface area (Å²) in [6, 6.07) is 8.98. The van der Waals surface area contributed by atoms with Crippen LogP contribution in [0.2, 0.25) is 0 Å². The number of hydrogen-bond acceptors (Lipinski definition) is 5. The summed E-state index contributed by atoms with van der Waals surface area (Å²) in [7, 11) is 7.40. The molecule has 1 N–H and O–H groups in total. The normalized spacial score (nSPS) is 11.2. The number of benzene rings is 2. The van der Waals surface area contributed by atoms with Crippen molar-refractivity contribution in [2.75, 3.05) is 27.8 Å². The molecule has 0 bridgehead atoms. The van der Waals surface area contributed by atoms with Crippen LogP contribution in [0.15, 0.2) is 34.8 Å². The molecule has 0 saturated heterocycles. The third-order valence-corrected chi connectivity index (χ3v) is 5.65. The second kappa shape index (κ2) is 9.62. The lowest BCUT2D eigenvalue weighted by molar-refractivity contribution is -0.872. The summed E-state index contributed by atoms with van der Waals surface area (Å²) in [5, 5.41) is 13.6. The Morgan fingerprint density at radius 2 is 1.84 bits per heavy atom. The second-order valence-corrected chi connectivity index (χ2v) is 8.36. The molecule has 0 saturated carbocycles. The van der Waals surface area contributed by atoms with E-state index >= 15 is 0 Å². The Labute approximate surface area is 190 Å². The van der Waals surface area contributed by atoms with E-state index in [9.17, 15) is 9.90 Å². The number of ether oxygens (including phenoxy) is 3. The number of quaternary nitrogens is 1. The molecule has 0 aliphatic carbocycles. The van der Waals surface area contributed by atoms with Gasteiger partial charge in [0.1, 0.15) is 24.7 Å². The lowest BCUT2D eigenvalue weighted by atomic mass is 10.0. The minimum absolute atomic E-state index is 0.118. The quantitative estimate of drug-likeness (QED) is 0.490. The number of halogens is 1. The minimum Gasteiger partial charge on any atom is -0.871 e. The van der Waals surface area contributed by atoms with Crippen LogP contribution in [0.1, 0.15) is 28.5 Å². The summed E-state index contributed by atoms with van der Waals surface area (Å²) in [5.41, 5.74) is 2.39. The number of nitrogens with zero attached hydrogens (tertiary/aromatic N) is 1. The van der Waals surface area contributed by atoms with E-state index in [2.05, 4.69) is 15.9 Å². The van der Waals surface area contributed by atoms with Crippen molar-refractivity contribution in [1.82, 2.24) is 4.57 Å². The van der Waals surface area contributed by atoms with Gasteiger partial charge in [-0.1, -0.05) is 21.7 Å². The lowest BCUT2D eigenvalue weighted by Gasteiger charge is -2.19. The van der Waals surface area contributed by atoms with Crippen molar-refractivity contribution < 1.29 is 29.0 Å². The molecule has 8 heteroatoms. The molecule has 3 aromatic rings.